The standard InChI is InChI=1S/C22H24N4O7S2/c1-14-12-26(13-15(2)32-14)35(30,31)18-9-7-16(8-10-18)20(27)23-22-25-24-21(33-22)17-5-4-6-19(11-17)34(3,28)29/h4-11,14-15H,12-13H2,1-3H3,(H,23,25,27)/t14-,15+. The molecule has 3 aromatic rings. The van der Waals surface area contributed by atoms with Crippen LogP contribution in [0.5, 0.6) is 0 Å². The summed E-state index contributed by atoms with van der Waals surface area (Å²) in [7, 11) is -7.15. The van der Waals surface area contributed by atoms with E-state index in [2.05, 4.69) is 15.5 Å². The Hall–Kier alpha value is -3.13. The Labute approximate surface area is 203 Å². The van der Waals surface area contributed by atoms with Crippen molar-refractivity contribution in [2.75, 3.05) is 24.7 Å². The lowest BCUT2D eigenvalue weighted by molar-refractivity contribution is -0.0440. The highest BCUT2D eigenvalue weighted by Gasteiger charge is 2.32. The van der Waals surface area contributed by atoms with E-state index >= 15 is 0 Å². The zero-order valence-corrected chi connectivity index (χ0v) is 20.8. The van der Waals surface area contributed by atoms with Crippen LogP contribution in [-0.2, 0) is 24.6 Å². The van der Waals surface area contributed by atoms with Crippen molar-refractivity contribution in [2.24, 2.45) is 0 Å². The monoisotopic (exact) mass is 520 g/mol. The molecule has 0 bridgehead atoms. The largest absolute Gasteiger partial charge is 0.403 e. The summed E-state index contributed by atoms with van der Waals surface area (Å²) in [6.07, 6.45) is 0.655. The SMILES string of the molecule is C[C@@H]1CN(S(=O)(=O)c2ccc(C(=O)Nc3nnc(-c4cccc(S(C)(=O)=O)c4)o3)cc2)C[C@H](C)O1. The van der Waals surface area contributed by atoms with Gasteiger partial charge in [-0.2, -0.15) is 4.31 Å². The van der Waals surface area contributed by atoms with Crippen molar-refractivity contribution in [3.63, 3.8) is 0 Å². The van der Waals surface area contributed by atoms with Gasteiger partial charge in [0, 0.05) is 30.5 Å². The number of hydrogen-bond acceptors (Lipinski definition) is 9. The van der Waals surface area contributed by atoms with E-state index in [9.17, 15) is 21.6 Å². The zero-order valence-electron chi connectivity index (χ0n) is 19.2. The molecule has 1 N–H and O–H groups in total. The average molecular weight is 521 g/mol. The molecule has 1 fully saturated rings. The van der Waals surface area contributed by atoms with Crippen LogP contribution in [0.1, 0.15) is 24.2 Å². The molecule has 1 aromatic heterocycles. The third kappa shape index (κ3) is 5.59. The first-order valence-corrected chi connectivity index (χ1v) is 14.0. The lowest BCUT2D eigenvalue weighted by Gasteiger charge is -2.34. The van der Waals surface area contributed by atoms with Crippen LogP contribution in [-0.4, -0.2) is 68.8 Å². The number of anilines is 1. The van der Waals surface area contributed by atoms with E-state index in [-0.39, 0.29) is 52.6 Å². The fourth-order valence-corrected chi connectivity index (χ4v) is 5.93. The van der Waals surface area contributed by atoms with Gasteiger partial charge in [0.2, 0.25) is 15.9 Å². The Morgan fingerprint density at radius 2 is 1.63 bits per heavy atom. The van der Waals surface area contributed by atoms with Gasteiger partial charge in [0.05, 0.1) is 22.0 Å². The van der Waals surface area contributed by atoms with E-state index in [0.29, 0.717) is 5.56 Å². The summed E-state index contributed by atoms with van der Waals surface area (Å²) in [4.78, 5) is 12.8. The molecule has 2 aromatic carbocycles. The summed E-state index contributed by atoms with van der Waals surface area (Å²) in [5.74, 6) is -0.552. The normalized spacial score (nSPS) is 19.4. The van der Waals surface area contributed by atoms with Crippen LogP contribution in [0.4, 0.5) is 6.01 Å². The number of nitrogens with zero attached hydrogens (tertiary/aromatic N) is 3. The molecule has 0 aliphatic carbocycles. The van der Waals surface area contributed by atoms with Gasteiger partial charge in [-0.05, 0) is 56.3 Å². The molecule has 4 rings (SSSR count). The number of hydrogen-bond donors (Lipinski definition) is 1. The van der Waals surface area contributed by atoms with Crippen molar-refractivity contribution >= 4 is 31.8 Å². The molecule has 186 valence electrons. The Morgan fingerprint density at radius 3 is 2.26 bits per heavy atom. The van der Waals surface area contributed by atoms with Gasteiger partial charge >= 0.3 is 6.01 Å². The molecule has 0 saturated carbocycles. The molecular formula is C22H24N4O7S2. The highest BCUT2D eigenvalue weighted by Crippen LogP contribution is 2.24. The van der Waals surface area contributed by atoms with Crippen LogP contribution in [0.15, 0.2) is 62.7 Å². The number of nitrogens with one attached hydrogen (secondary N) is 1. The van der Waals surface area contributed by atoms with Gasteiger partial charge in [0.15, 0.2) is 9.84 Å². The summed E-state index contributed by atoms with van der Waals surface area (Å²) in [6.45, 7) is 4.14. The van der Waals surface area contributed by atoms with E-state index < -0.39 is 25.8 Å². The van der Waals surface area contributed by atoms with E-state index in [4.69, 9.17) is 9.15 Å². The number of carbonyl (C=O) groups is 1. The first kappa shape index (κ1) is 25.0. The van der Waals surface area contributed by atoms with E-state index in [0.717, 1.165) is 6.26 Å². The second-order valence-electron chi connectivity index (χ2n) is 8.27. The lowest BCUT2D eigenvalue weighted by atomic mass is 10.2. The summed E-state index contributed by atoms with van der Waals surface area (Å²) in [6, 6.07) is 11.3. The molecule has 0 unspecified atom stereocenters. The van der Waals surface area contributed by atoms with Gasteiger partial charge in [-0.3, -0.25) is 10.1 Å². The van der Waals surface area contributed by atoms with Gasteiger partial charge < -0.3 is 9.15 Å². The van der Waals surface area contributed by atoms with E-state index in [1.54, 1.807) is 12.1 Å². The molecule has 1 amide bonds. The van der Waals surface area contributed by atoms with Crippen molar-refractivity contribution < 1.29 is 30.8 Å². The molecule has 11 nitrogen and oxygen atoms in total. The number of aromatic nitrogens is 2. The predicted octanol–water partition coefficient (Wildman–Crippen LogP) is 2.19. The Balaban J connectivity index is 1.47. The number of sulfonamides is 1. The Morgan fingerprint density at radius 1 is 0.971 bits per heavy atom. The average Bonchev–Trinajstić information content (AvgIpc) is 3.26. The molecule has 2 atom stereocenters. The van der Waals surface area contributed by atoms with Crippen molar-refractivity contribution in [2.45, 2.75) is 35.8 Å². The van der Waals surface area contributed by atoms with Gasteiger partial charge in [-0.1, -0.05) is 11.2 Å². The molecule has 35 heavy (non-hydrogen) atoms. The topological polar surface area (TPSA) is 149 Å². The fraction of sp³-hybridized carbons (Fsp3) is 0.318. The van der Waals surface area contributed by atoms with Crippen LogP contribution in [0, 0.1) is 0 Å². The number of rotatable bonds is 6. The molecule has 1 aliphatic heterocycles. The van der Waals surface area contributed by atoms with Crippen LogP contribution in [0.25, 0.3) is 11.5 Å². The molecule has 13 heteroatoms. The number of ether oxygens (including phenoxy) is 1. The highest BCUT2D eigenvalue weighted by molar-refractivity contribution is 7.90. The minimum atomic E-state index is -3.73. The maximum atomic E-state index is 13.0. The molecule has 1 aliphatic rings. The van der Waals surface area contributed by atoms with Crippen LogP contribution in [0.2, 0.25) is 0 Å². The molecule has 1 saturated heterocycles. The lowest BCUT2D eigenvalue weighted by Crippen LogP contribution is -2.48. The van der Waals surface area contributed by atoms with Crippen LogP contribution >= 0.6 is 0 Å². The summed E-state index contributed by atoms with van der Waals surface area (Å²) >= 11 is 0. The van der Waals surface area contributed by atoms with E-state index in [1.807, 2.05) is 13.8 Å². The van der Waals surface area contributed by atoms with Crippen molar-refractivity contribution in [3.05, 3.63) is 54.1 Å². The zero-order chi connectivity index (χ0) is 25.4. The number of amides is 1. The first-order chi connectivity index (χ1) is 16.4. The van der Waals surface area contributed by atoms with E-state index in [1.165, 1.54) is 40.7 Å². The van der Waals surface area contributed by atoms with Gasteiger partial charge in [-0.25, -0.2) is 16.8 Å². The molecular weight excluding hydrogens is 496 g/mol. The number of morpholine rings is 1. The molecule has 0 spiro atoms. The van der Waals surface area contributed by atoms with Gasteiger partial charge in [-0.15, -0.1) is 5.10 Å². The van der Waals surface area contributed by atoms with Crippen LogP contribution < -0.4 is 5.32 Å². The summed E-state index contributed by atoms with van der Waals surface area (Å²) < 4.78 is 61.9. The van der Waals surface area contributed by atoms with Gasteiger partial charge in [0.25, 0.3) is 5.91 Å². The minimum absolute atomic E-state index is 0.0289. The summed E-state index contributed by atoms with van der Waals surface area (Å²) in [5.41, 5.74) is 0.564. The quantitative estimate of drug-likeness (QED) is 0.516. The predicted molar refractivity (Wildman–Crippen MR) is 126 cm³/mol. The molecule has 0 radical (unpaired) electrons. The Kier molecular flexibility index (Phi) is 6.77. The maximum Gasteiger partial charge on any atom is 0.322 e. The van der Waals surface area contributed by atoms with Crippen LogP contribution in [0.3, 0.4) is 0 Å². The third-order valence-electron chi connectivity index (χ3n) is 5.29. The van der Waals surface area contributed by atoms with Crippen molar-refractivity contribution in [1.82, 2.24) is 14.5 Å². The third-order valence-corrected chi connectivity index (χ3v) is 8.25. The second kappa shape index (κ2) is 9.49. The maximum absolute atomic E-state index is 13.0. The molecule has 2 heterocycles. The highest BCUT2D eigenvalue weighted by atomic mass is 32.2. The number of sulfone groups is 1. The van der Waals surface area contributed by atoms with Crippen molar-refractivity contribution in [1.29, 1.82) is 0 Å². The Bertz CT molecular complexity index is 1440. The smallest absolute Gasteiger partial charge is 0.322 e. The first-order valence-electron chi connectivity index (χ1n) is 10.6. The fourth-order valence-electron chi connectivity index (χ4n) is 3.67. The van der Waals surface area contributed by atoms with Crippen molar-refractivity contribution in [3.8, 4) is 11.5 Å². The summed E-state index contributed by atoms with van der Waals surface area (Å²) in [5, 5.41) is 10.1. The second-order valence-corrected chi connectivity index (χ2v) is 12.2. The number of carbonyl (C=O) groups excluding carboxylic acids is 1. The number of benzene rings is 2. The van der Waals surface area contributed by atoms with Gasteiger partial charge in [0.1, 0.15) is 0 Å². The minimum Gasteiger partial charge on any atom is -0.403 e.